The first-order valence-electron chi connectivity index (χ1n) is 10.4. The van der Waals surface area contributed by atoms with Crippen LogP contribution in [0.2, 0.25) is 0 Å². The fourth-order valence-electron chi connectivity index (χ4n) is 3.87. The number of benzene rings is 1. The van der Waals surface area contributed by atoms with Crippen molar-refractivity contribution in [3.05, 3.63) is 41.7 Å². The third-order valence-electron chi connectivity index (χ3n) is 5.85. The van der Waals surface area contributed by atoms with Gasteiger partial charge in [0, 0.05) is 42.8 Å². The van der Waals surface area contributed by atoms with Gasteiger partial charge in [-0.15, -0.1) is 0 Å². The molecule has 1 saturated heterocycles. The number of rotatable bonds is 4. The number of hydrogen-bond acceptors (Lipinski definition) is 4. The number of aromatic nitrogens is 3. The minimum Gasteiger partial charge on any atom is -0.367 e. The van der Waals surface area contributed by atoms with E-state index in [-0.39, 0.29) is 0 Å². The molecule has 1 N–H and O–H groups in total. The van der Waals surface area contributed by atoms with Crippen LogP contribution in [-0.4, -0.2) is 53.3 Å². The first-order chi connectivity index (χ1) is 13.4. The quantitative estimate of drug-likeness (QED) is 0.720. The largest absolute Gasteiger partial charge is 0.367 e. The molecule has 1 fully saturated rings. The number of anilines is 1. The van der Waals surface area contributed by atoms with Gasteiger partial charge in [0.2, 0.25) is 0 Å². The molecule has 0 amide bonds. The molecule has 3 aromatic rings. The van der Waals surface area contributed by atoms with Gasteiger partial charge in [-0.2, -0.15) is 5.10 Å². The van der Waals surface area contributed by atoms with Crippen molar-refractivity contribution in [3.63, 3.8) is 0 Å². The molecule has 0 bridgehead atoms. The normalized spacial score (nSPS) is 15.9. The second-order valence-electron chi connectivity index (χ2n) is 8.60. The van der Waals surface area contributed by atoms with Crippen LogP contribution in [0.3, 0.4) is 0 Å². The molecular weight excluding hydrogens is 346 g/mol. The van der Waals surface area contributed by atoms with E-state index in [2.05, 4.69) is 80.1 Å². The van der Waals surface area contributed by atoms with Crippen molar-refractivity contribution < 1.29 is 0 Å². The first kappa shape index (κ1) is 18.9. The summed E-state index contributed by atoms with van der Waals surface area (Å²) >= 11 is 0. The Balaban J connectivity index is 1.83. The van der Waals surface area contributed by atoms with Crippen LogP contribution in [0.15, 0.2) is 30.5 Å². The summed E-state index contributed by atoms with van der Waals surface area (Å²) in [5.41, 5.74) is 6.96. The molecule has 0 saturated carbocycles. The highest BCUT2D eigenvalue weighted by Crippen LogP contribution is 2.36. The highest BCUT2D eigenvalue weighted by Gasteiger charge is 2.22. The van der Waals surface area contributed by atoms with Gasteiger partial charge < -0.3 is 9.80 Å². The molecule has 4 rings (SSSR count). The number of pyridine rings is 1. The standard InChI is InChI=1S/C23H31N5/c1-15(2)17-6-7-18-21(12-17)25-26-23(18)19-13-20(16(3)4)24-14-22(19)28-10-8-27(5)9-11-28/h6-7,12-16H,8-11H2,1-5H3,(H,25,26). The third kappa shape index (κ3) is 3.51. The Hall–Kier alpha value is -2.40. The van der Waals surface area contributed by atoms with Crippen molar-refractivity contribution in [2.24, 2.45) is 0 Å². The number of fused-ring (bicyclic) bond motifs is 1. The molecule has 2 aromatic heterocycles. The Morgan fingerprint density at radius 3 is 2.39 bits per heavy atom. The maximum atomic E-state index is 4.77. The number of H-pyrrole nitrogens is 1. The Bertz CT molecular complexity index is 964. The Morgan fingerprint density at radius 1 is 0.964 bits per heavy atom. The monoisotopic (exact) mass is 377 g/mol. The molecule has 0 radical (unpaired) electrons. The van der Waals surface area contributed by atoms with Crippen LogP contribution in [0.1, 0.15) is 50.8 Å². The van der Waals surface area contributed by atoms with Gasteiger partial charge in [0.1, 0.15) is 5.69 Å². The van der Waals surface area contributed by atoms with Gasteiger partial charge in [-0.25, -0.2) is 0 Å². The van der Waals surface area contributed by atoms with Crippen molar-refractivity contribution in [1.82, 2.24) is 20.1 Å². The Kier molecular flexibility index (Phi) is 5.11. The second-order valence-corrected chi connectivity index (χ2v) is 8.60. The lowest BCUT2D eigenvalue weighted by Gasteiger charge is -2.35. The third-order valence-corrected chi connectivity index (χ3v) is 5.85. The van der Waals surface area contributed by atoms with Gasteiger partial charge in [-0.1, -0.05) is 39.8 Å². The summed E-state index contributed by atoms with van der Waals surface area (Å²) in [6, 6.07) is 8.92. The van der Waals surface area contributed by atoms with Crippen LogP contribution >= 0.6 is 0 Å². The highest BCUT2D eigenvalue weighted by molar-refractivity contribution is 5.96. The van der Waals surface area contributed by atoms with Gasteiger partial charge in [-0.3, -0.25) is 10.1 Å². The van der Waals surface area contributed by atoms with Gasteiger partial charge in [0.15, 0.2) is 0 Å². The number of likely N-dealkylation sites (N-methyl/N-ethyl adjacent to an activating group) is 1. The highest BCUT2D eigenvalue weighted by atomic mass is 15.3. The molecular formula is C23H31N5. The zero-order valence-corrected chi connectivity index (χ0v) is 17.7. The van der Waals surface area contributed by atoms with E-state index in [4.69, 9.17) is 10.1 Å². The van der Waals surface area contributed by atoms with Gasteiger partial charge in [0.05, 0.1) is 17.4 Å². The second kappa shape index (κ2) is 7.55. The first-order valence-corrected chi connectivity index (χ1v) is 10.4. The fraction of sp³-hybridized carbons (Fsp3) is 0.478. The zero-order valence-electron chi connectivity index (χ0n) is 17.7. The lowest BCUT2D eigenvalue weighted by atomic mass is 9.98. The minimum absolute atomic E-state index is 0.387. The smallest absolute Gasteiger partial charge is 0.102 e. The van der Waals surface area contributed by atoms with Crippen LogP contribution in [0.5, 0.6) is 0 Å². The topological polar surface area (TPSA) is 48.1 Å². The van der Waals surface area contributed by atoms with Gasteiger partial charge >= 0.3 is 0 Å². The summed E-state index contributed by atoms with van der Waals surface area (Å²) in [5, 5.41) is 9.20. The summed E-state index contributed by atoms with van der Waals surface area (Å²) in [5.74, 6) is 0.892. The molecule has 1 aliphatic rings. The lowest BCUT2D eigenvalue weighted by molar-refractivity contribution is 0.313. The van der Waals surface area contributed by atoms with Crippen molar-refractivity contribution in [1.29, 1.82) is 0 Å². The van der Waals surface area contributed by atoms with E-state index in [0.29, 0.717) is 11.8 Å². The van der Waals surface area contributed by atoms with Gasteiger partial charge in [0.25, 0.3) is 0 Å². The molecule has 0 atom stereocenters. The van der Waals surface area contributed by atoms with Crippen molar-refractivity contribution in [2.45, 2.75) is 39.5 Å². The minimum atomic E-state index is 0.387. The summed E-state index contributed by atoms with van der Waals surface area (Å²) < 4.78 is 0. The predicted octanol–water partition coefficient (Wildman–Crippen LogP) is 4.62. The average molecular weight is 378 g/mol. The lowest BCUT2D eigenvalue weighted by Crippen LogP contribution is -2.44. The molecule has 5 heteroatoms. The van der Waals surface area contributed by atoms with E-state index in [1.54, 1.807) is 0 Å². The fourth-order valence-corrected chi connectivity index (χ4v) is 3.87. The number of nitrogens with one attached hydrogen (secondary N) is 1. The molecule has 5 nitrogen and oxygen atoms in total. The van der Waals surface area contributed by atoms with Crippen LogP contribution < -0.4 is 4.90 Å². The molecule has 1 aromatic carbocycles. The molecule has 0 unspecified atom stereocenters. The average Bonchev–Trinajstić information content (AvgIpc) is 3.11. The van der Waals surface area contributed by atoms with Crippen molar-refractivity contribution in [2.75, 3.05) is 38.1 Å². The predicted molar refractivity (Wildman–Crippen MR) is 117 cm³/mol. The van der Waals surface area contributed by atoms with Crippen molar-refractivity contribution in [3.8, 4) is 11.3 Å². The maximum absolute atomic E-state index is 4.77. The molecule has 3 heterocycles. The summed E-state index contributed by atoms with van der Waals surface area (Å²) in [6.07, 6.45) is 2.05. The van der Waals surface area contributed by atoms with Crippen LogP contribution in [0, 0.1) is 0 Å². The van der Waals surface area contributed by atoms with E-state index < -0.39 is 0 Å². The van der Waals surface area contributed by atoms with E-state index in [1.807, 2.05) is 0 Å². The van der Waals surface area contributed by atoms with Crippen LogP contribution in [0.25, 0.3) is 22.2 Å². The number of nitrogens with zero attached hydrogens (tertiary/aromatic N) is 4. The SMILES string of the molecule is CC(C)c1ccc2c(-c3cc(C(C)C)ncc3N3CCN(C)CC3)n[nH]c2c1. The number of hydrogen-bond donors (Lipinski definition) is 1. The van der Waals surface area contributed by atoms with E-state index in [0.717, 1.165) is 43.1 Å². The number of piperazine rings is 1. The molecule has 148 valence electrons. The Morgan fingerprint density at radius 2 is 1.71 bits per heavy atom. The molecule has 0 spiro atoms. The van der Waals surface area contributed by atoms with E-state index in [1.165, 1.54) is 22.2 Å². The molecule has 0 aliphatic carbocycles. The molecule has 28 heavy (non-hydrogen) atoms. The van der Waals surface area contributed by atoms with Gasteiger partial charge in [-0.05, 0) is 36.6 Å². The van der Waals surface area contributed by atoms with E-state index in [9.17, 15) is 0 Å². The van der Waals surface area contributed by atoms with Crippen LogP contribution in [-0.2, 0) is 0 Å². The van der Waals surface area contributed by atoms with Crippen LogP contribution in [0.4, 0.5) is 5.69 Å². The zero-order chi connectivity index (χ0) is 19.8. The summed E-state index contributed by atoms with van der Waals surface area (Å²) in [7, 11) is 2.19. The number of aromatic amines is 1. The molecule has 1 aliphatic heterocycles. The summed E-state index contributed by atoms with van der Waals surface area (Å²) in [6.45, 7) is 13.0. The van der Waals surface area contributed by atoms with E-state index >= 15 is 0 Å². The van der Waals surface area contributed by atoms with Crippen molar-refractivity contribution >= 4 is 16.6 Å². The summed E-state index contributed by atoms with van der Waals surface area (Å²) in [4.78, 5) is 9.60. The maximum Gasteiger partial charge on any atom is 0.102 e. The Labute approximate surface area is 167 Å².